The molecule has 0 radical (unpaired) electrons. The first-order valence-electron chi connectivity index (χ1n) is 8.55. The maximum absolute atomic E-state index is 12.1. The van der Waals surface area contributed by atoms with E-state index in [-0.39, 0.29) is 5.91 Å². The Bertz CT molecular complexity index is 836. The highest BCUT2D eigenvalue weighted by atomic mass is 16.1. The molecule has 1 N–H and O–H groups in total. The molecular formula is C19H24N4O. The zero-order chi connectivity index (χ0) is 16.9. The zero-order valence-electron chi connectivity index (χ0n) is 14.3. The molecule has 0 saturated carbocycles. The molecule has 0 bridgehead atoms. The van der Waals surface area contributed by atoms with Gasteiger partial charge in [0.05, 0.1) is 12.1 Å². The minimum atomic E-state index is 0.0230. The average molecular weight is 324 g/mol. The summed E-state index contributed by atoms with van der Waals surface area (Å²) in [6.45, 7) is 7.84. The van der Waals surface area contributed by atoms with E-state index in [1.165, 1.54) is 0 Å². The molecule has 2 aromatic heterocycles. The Balaban J connectivity index is 1.67. The Labute approximate surface area is 142 Å². The van der Waals surface area contributed by atoms with Gasteiger partial charge < -0.3 is 14.6 Å². The van der Waals surface area contributed by atoms with E-state index in [2.05, 4.69) is 47.2 Å². The van der Waals surface area contributed by atoms with Gasteiger partial charge in [0.2, 0.25) is 5.91 Å². The minimum Gasteiger partial charge on any atom is -0.354 e. The van der Waals surface area contributed by atoms with Gasteiger partial charge in [-0.2, -0.15) is 0 Å². The van der Waals surface area contributed by atoms with Crippen LogP contribution in [0.15, 0.2) is 42.7 Å². The third kappa shape index (κ3) is 3.57. The van der Waals surface area contributed by atoms with E-state index >= 15 is 0 Å². The Kier molecular flexibility index (Phi) is 5.11. The van der Waals surface area contributed by atoms with E-state index in [1.54, 1.807) is 0 Å². The van der Waals surface area contributed by atoms with Crippen LogP contribution < -0.4 is 5.32 Å². The van der Waals surface area contributed by atoms with E-state index in [9.17, 15) is 4.79 Å². The third-order valence-corrected chi connectivity index (χ3v) is 4.38. The van der Waals surface area contributed by atoms with Gasteiger partial charge in [-0.1, -0.05) is 38.1 Å². The number of nitrogens with zero attached hydrogens (tertiary/aromatic N) is 3. The summed E-state index contributed by atoms with van der Waals surface area (Å²) in [6.07, 6.45) is 4.24. The fourth-order valence-corrected chi connectivity index (χ4v) is 2.97. The van der Waals surface area contributed by atoms with Crippen LogP contribution in [-0.4, -0.2) is 46.4 Å². The third-order valence-electron chi connectivity index (χ3n) is 4.38. The van der Waals surface area contributed by atoms with Crippen molar-refractivity contribution in [1.29, 1.82) is 0 Å². The summed E-state index contributed by atoms with van der Waals surface area (Å²) < 4.78 is 1.99. The second kappa shape index (κ2) is 7.45. The van der Waals surface area contributed by atoms with Crippen molar-refractivity contribution in [2.45, 2.75) is 20.3 Å². The smallest absolute Gasteiger partial charge is 0.226 e. The molecule has 3 aromatic rings. The first kappa shape index (κ1) is 16.5. The molecule has 5 nitrogen and oxygen atoms in total. The largest absolute Gasteiger partial charge is 0.354 e. The van der Waals surface area contributed by atoms with Gasteiger partial charge in [0, 0.05) is 30.9 Å². The summed E-state index contributed by atoms with van der Waals surface area (Å²) in [5.74, 6) is 0.0230. The molecule has 0 aliphatic carbocycles. The van der Waals surface area contributed by atoms with Crippen LogP contribution in [0.5, 0.6) is 0 Å². The predicted octanol–water partition coefficient (Wildman–Crippen LogP) is 2.49. The van der Waals surface area contributed by atoms with E-state index in [1.807, 2.05) is 28.9 Å². The Morgan fingerprint density at radius 1 is 1.21 bits per heavy atom. The highest BCUT2D eigenvalue weighted by molar-refractivity contribution is 5.94. The molecule has 3 rings (SSSR count). The summed E-state index contributed by atoms with van der Waals surface area (Å²) in [4.78, 5) is 19.1. The molecule has 0 atom stereocenters. The lowest BCUT2D eigenvalue weighted by Gasteiger charge is -2.17. The number of likely N-dealkylation sites (N-methyl/N-ethyl adjacent to an activating group) is 1. The summed E-state index contributed by atoms with van der Waals surface area (Å²) in [6, 6.07) is 10.2. The van der Waals surface area contributed by atoms with Crippen LogP contribution in [-0.2, 0) is 11.2 Å². The lowest BCUT2D eigenvalue weighted by atomic mass is 10.2. The number of imidazole rings is 1. The van der Waals surface area contributed by atoms with Gasteiger partial charge >= 0.3 is 0 Å². The highest BCUT2D eigenvalue weighted by Gasteiger charge is 2.09. The highest BCUT2D eigenvalue weighted by Crippen LogP contribution is 2.19. The van der Waals surface area contributed by atoms with Gasteiger partial charge in [0.15, 0.2) is 0 Å². The van der Waals surface area contributed by atoms with Crippen LogP contribution in [0.2, 0.25) is 0 Å². The molecule has 24 heavy (non-hydrogen) atoms. The van der Waals surface area contributed by atoms with E-state index in [0.717, 1.165) is 41.7 Å². The fourth-order valence-electron chi connectivity index (χ4n) is 2.97. The summed E-state index contributed by atoms with van der Waals surface area (Å²) in [7, 11) is 0. The molecule has 1 amide bonds. The first-order chi connectivity index (χ1) is 11.7. The van der Waals surface area contributed by atoms with Crippen molar-refractivity contribution in [3.63, 3.8) is 0 Å². The van der Waals surface area contributed by atoms with Crippen LogP contribution in [0.3, 0.4) is 0 Å². The number of rotatable bonds is 7. The van der Waals surface area contributed by atoms with E-state index in [4.69, 9.17) is 0 Å². The number of fused-ring (bicyclic) bond motifs is 3. The minimum absolute atomic E-state index is 0.0230. The molecule has 5 heteroatoms. The van der Waals surface area contributed by atoms with Crippen LogP contribution in [0.25, 0.3) is 16.4 Å². The zero-order valence-corrected chi connectivity index (χ0v) is 14.3. The van der Waals surface area contributed by atoms with E-state index < -0.39 is 0 Å². The molecule has 1 aromatic carbocycles. The van der Waals surface area contributed by atoms with Gasteiger partial charge in [-0.25, -0.2) is 4.98 Å². The van der Waals surface area contributed by atoms with Gasteiger partial charge in [0.25, 0.3) is 0 Å². The van der Waals surface area contributed by atoms with Crippen molar-refractivity contribution in [2.75, 3.05) is 26.2 Å². The quantitative estimate of drug-likeness (QED) is 0.726. The van der Waals surface area contributed by atoms with Gasteiger partial charge in [-0.3, -0.25) is 4.79 Å². The maximum Gasteiger partial charge on any atom is 0.226 e. The molecule has 0 fully saturated rings. The molecule has 126 valence electrons. The molecule has 0 unspecified atom stereocenters. The number of carbonyl (C=O) groups excluding carboxylic acids is 1. The number of hydrogen-bond acceptors (Lipinski definition) is 3. The number of aromatic nitrogens is 2. The van der Waals surface area contributed by atoms with Crippen LogP contribution >= 0.6 is 0 Å². The average Bonchev–Trinajstić information content (AvgIpc) is 3.01. The normalized spacial score (nSPS) is 11.5. The van der Waals surface area contributed by atoms with Crippen molar-refractivity contribution in [2.24, 2.45) is 0 Å². The van der Waals surface area contributed by atoms with Gasteiger partial charge in [-0.05, 0) is 24.5 Å². The monoisotopic (exact) mass is 324 g/mol. The molecule has 2 heterocycles. The molecule has 0 aliphatic heterocycles. The summed E-state index contributed by atoms with van der Waals surface area (Å²) in [5.41, 5.74) is 1.70. The second-order valence-electron chi connectivity index (χ2n) is 5.92. The van der Waals surface area contributed by atoms with Crippen molar-refractivity contribution in [3.05, 3.63) is 48.4 Å². The van der Waals surface area contributed by atoms with Gasteiger partial charge in [-0.15, -0.1) is 0 Å². The standard InChI is InChI=1S/C19H24N4O/c1-3-22(4-2)12-10-20-18(24)13-16-14-23-11-9-15-7-5-6-8-17(15)19(23)21-16/h5-9,11,14H,3-4,10,12-13H2,1-2H3,(H,20,24). The molecule has 0 aliphatic rings. The number of pyridine rings is 1. The Morgan fingerprint density at radius 2 is 2.00 bits per heavy atom. The molecule has 0 saturated heterocycles. The second-order valence-corrected chi connectivity index (χ2v) is 5.92. The van der Waals surface area contributed by atoms with Crippen molar-refractivity contribution in [1.82, 2.24) is 19.6 Å². The first-order valence-corrected chi connectivity index (χ1v) is 8.55. The summed E-state index contributed by atoms with van der Waals surface area (Å²) in [5, 5.41) is 5.24. The summed E-state index contributed by atoms with van der Waals surface area (Å²) >= 11 is 0. The molecular weight excluding hydrogens is 300 g/mol. The fraction of sp³-hybridized carbons (Fsp3) is 0.368. The number of nitrogens with one attached hydrogen (secondary N) is 1. The van der Waals surface area contributed by atoms with Crippen molar-refractivity contribution < 1.29 is 4.79 Å². The topological polar surface area (TPSA) is 49.6 Å². The number of amides is 1. The van der Waals surface area contributed by atoms with Crippen molar-refractivity contribution in [3.8, 4) is 0 Å². The predicted molar refractivity (Wildman–Crippen MR) is 97.2 cm³/mol. The van der Waals surface area contributed by atoms with Gasteiger partial charge in [0.1, 0.15) is 5.65 Å². The Hall–Kier alpha value is -2.40. The maximum atomic E-state index is 12.1. The van der Waals surface area contributed by atoms with Crippen LogP contribution in [0, 0.1) is 0 Å². The molecule has 0 spiro atoms. The lowest BCUT2D eigenvalue weighted by Crippen LogP contribution is -2.35. The van der Waals surface area contributed by atoms with Crippen LogP contribution in [0.1, 0.15) is 19.5 Å². The SMILES string of the molecule is CCN(CC)CCNC(=O)Cc1cn2ccc3ccccc3c2n1. The number of hydrogen-bond donors (Lipinski definition) is 1. The lowest BCUT2D eigenvalue weighted by molar-refractivity contribution is -0.120. The number of carbonyl (C=O) groups is 1. The number of benzene rings is 1. The van der Waals surface area contributed by atoms with Crippen LogP contribution in [0.4, 0.5) is 0 Å². The van der Waals surface area contributed by atoms with E-state index in [0.29, 0.717) is 13.0 Å². The Morgan fingerprint density at radius 3 is 2.79 bits per heavy atom. The van der Waals surface area contributed by atoms with Crippen molar-refractivity contribution >= 4 is 22.3 Å².